The van der Waals surface area contributed by atoms with Crippen LogP contribution >= 0.6 is 11.3 Å². The number of piperazine rings is 1. The van der Waals surface area contributed by atoms with E-state index in [0.29, 0.717) is 26.2 Å². The van der Waals surface area contributed by atoms with Gasteiger partial charge >= 0.3 is 0 Å². The van der Waals surface area contributed by atoms with Gasteiger partial charge in [0.1, 0.15) is 10.0 Å². The van der Waals surface area contributed by atoms with Crippen LogP contribution in [0, 0.1) is 5.82 Å². The van der Waals surface area contributed by atoms with Gasteiger partial charge in [-0.05, 0) is 35.7 Å². The predicted octanol–water partition coefficient (Wildman–Crippen LogP) is 1.86. The molecule has 2 aromatic rings. The number of rotatable bonds is 5. The summed E-state index contributed by atoms with van der Waals surface area (Å²) < 4.78 is 39.1. The van der Waals surface area contributed by atoms with Gasteiger partial charge in [0.25, 0.3) is 10.0 Å². The van der Waals surface area contributed by atoms with Crippen LogP contribution in [0.15, 0.2) is 46.0 Å². The molecule has 140 valence electrons. The van der Waals surface area contributed by atoms with E-state index < -0.39 is 10.0 Å². The number of anilines is 1. The molecule has 1 aromatic carbocycles. The summed E-state index contributed by atoms with van der Waals surface area (Å²) in [6.45, 7) is 2.07. The number of hydrogen-bond donors (Lipinski definition) is 0. The number of halogens is 1. The highest BCUT2D eigenvalue weighted by Crippen LogP contribution is 2.20. The van der Waals surface area contributed by atoms with Crippen molar-refractivity contribution in [1.29, 1.82) is 0 Å². The molecule has 2 heterocycles. The zero-order chi connectivity index (χ0) is 18.7. The van der Waals surface area contributed by atoms with Crippen molar-refractivity contribution < 1.29 is 17.6 Å². The van der Waals surface area contributed by atoms with E-state index in [2.05, 4.69) is 4.90 Å². The Kier molecular flexibility index (Phi) is 5.59. The minimum atomic E-state index is -3.63. The number of benzene rings is 1. The summed E-state index contributed by atoms with van der Waals surface area (Å²) in [5.74, 6) is -0.496. The molecule has 6 nitrogen and oxygen atoms in total. The number of nitrogens with zero attached hydrogens (tertiary/aromatic N) is 3. The highest BCUT2D eigenvalue weighted by molar-refractivity contribution is 7.91. The van der Waals surface area contributed by atoms with Crippen molar-refractivity contribution in [2.75, 3.05) is 44.7 Å². The predicted molar refractivity (Wildman–Crippen MR) is 99.3 cm³/mol. The fourth-order valence-electron chi connectivity index (χ4n) is 2.81. The molecular formula is C17H20FN3O3S2. The summed E-state index contributed by atoms with van der Waals surface area (Å²) in [4.78, 5) is 16.2. The van der Waals surface area contributed by atoms with Crippen LogP contribution < -0.4 is 4.90 Å². The van der Waals surface area contributed by atoms with Gasteiger partial charge in [0.2, 0.25) is 5.91 Å². The van der Waals surface area contributed by atoms with Crippen molar-refractivity contribution in [3.05, 3.63) is 47.6 Å². The highest BCUT2D eigenvalue weighted by Gasteiger charge is 2.27. The first-order valence-electron chi connectivity index (χ1n) is 8.16. The van der Waals surface area contributed by atoms with Gasteiger partial charge in [0.15, 0.2) is 0 Å². The molecule has 0 N–H and O–H groups in total. The van der Waals surface area contributed by atoms with Gasteiger partial charge in [-0.15, -0.1) is 11.3 Å². The van der Waals surface area contributed by atoms with Gasteiger partial charge in [0.05, 0.1) is 6.54 Å². The largest absolute Gasteiger partial charge is 0.368 e. The van der Waals surface area contributed by atoms with Crippen LogP contribution in [-0.2, 0) is 14.8 Å². The number of carbonyl (C=O) groups excluding carboxylic acids is 1. The van der Waals surface area contributed by atoms with Crippen LogP contribution in [0.1, 0.15) is 0 Å². The van der Waals surface area contributed by atoms with Gasteiger partial charge in [-0.25, -0.2) is 12.8 Å². The average Bonchev–Trinajstić information content (AvgIpc) is 3.18. The van der Waals surface area contributed by atoms with Crippen molar-refractivity contribution in [2.24, 2.45) is 0 Å². The van der Waals surface area contributed by atoms with E-state index in [4.69, 9.17) is 0 Å². The molecule has 0 spiro atoms. The molecule has 26 heavy (non-hydrogen) atoms. The lowest BCUT2D eigenvalue weighted by molar-refractivity contribution is -0.131. The third kappa shape index (κ3) is 4.05. The Balaban J connectivity index is 1.56. The van der Waals surface area contributed by atoms with Crippen molar-refractivity contribution >= 4 is 33.0 Å². The average molecular weight is 397 g/mol. The summed E-state index contributed by atoms with van der Waals surface area (Å²) >= 11 is 1.13. The lowest BCUT2D eigenvalue weighted by atomic mass is 10.2. The SMILES string of the molecule is CN(CC(=O)N1CCN(c2ccc(F)cc2)CC1)S(=O)(=O)c1cccs1. The summed E-state index contributed by atoms with van der Waals surface area (Å²) in [6, 6.07) is 9.46. The molecule has 0 bridgehead atoms. The van der Waals surface area contributed by atoms with Gasteiger partial charge in [-0.3, -0.25) is 4.79 Å². The Labute approximate surface area is 156 Å². The van der Waals surface area contributed by atoms with E-state index in [0.717, 1.165) is 21.3 Å². The summed E-state index contributed by atoms with van der Waals surface area (Å²) in [5.41, 5.74) is 0.913. The van der Waals surface area contributed by atoms with Gasteiger partial charge < -0.3 is 9.80 Å². The molecule has 1 aromatic heterocycles. The molecule has 1 saturated heterocycles. The maximum absolute atomic E-state index is 13.0. The molecule has 0 atom stereocenters. The van der Waals surface area contributed by atoms with Crippen LogP contribution in [0.4, 0.5) is 10.1 Å². The molecule has 1 aliphatic rings. The maximum Gasteiger partial charge on any atom is 0.252 e. The van der Waals surface area contributed by atoms with Crippen LogP contribution in [0.2, 0.25) is 0 Å². The zero-order valence-corrected chi connectivity index (χ0v) is 16.0. The van der Waals surface area contributed by atoms with E-state index in [9.17, 15) is 17.6 Å². The minimum Gasteiger partial charge on any atom is -0.368 e. The summed E-state index contributed by atoms with van der Waals surface area (Å²) in [7, 11) is -2.21. The lowest BCUT2D eigenvalue weighted by Crippen LogP contribution is -2.51. The first kappa shape index (κ1) is 18.8. The van der Waals surface area contributed by atoms with Crippen molar-refractivity contribution in [3.63, 3.8) is 0 Å². The topological polar surface area (TPSA) is 60.9 Å². The van der Waals surface area contributed by atoms with Crippen molar-refractivity contribution in [3.8, 4) is 0 Å². The van der Waals surface area contributed by atoms with Crippen LogP contribution in [-0.4, -0.2) is 63.3 Å². The Morgan fingerprint density at radius 3 is 2.38 bits per heavy atom. The summed E-state index contributed by atoms with van der Waals surface area (Å²) in [6.07, 6.45) is 0. The fraction of sp³-hybridized carbons (Fsp3) is 0.353. The Morgan fingerprint density at radius 2 is 1.81 bits per heavy atom. The lowest BCUT2D eigenvalue weighted by Gasteiger charge is -2.36. The second-order valence-corrected chi connectivity index (χ2v) is 9.26. The number of carbonyl (C=O) groups is 1. The monoisotopic (exact) mass is 397 g/mol. The number of sulfonamides is 1. The van der Waals surface area contributed by atoms with E-state index >= 15 is 0 Å². The Bertz CT molecular complexity index is 846. The molecule has 1 aliphatic heterocycles. The van der Waals surface area contributed by atoms with Crippen molar-refractivity contribution in [2.45, 2.75) is 4.21 Å². The molecule has 0 radical (unpaired) electrons. The molecule has 1 fully saturated rings. The third-order valence-electron chi connectivity index (χ3n) is 4.34. The Hall–Kier alpha value is -1.97. The maximum atomic E-state index is 13.0. The fourth-order valence-corrected chi connectivity index (χ4v) is 5.13. The van der Waals surface area contributed by atoms with Crippen molar-refractivity contribution in [1.82, 2.24) is 9.21 Å². The molecule has 0 saturated carbocycles. The standard InChI is InChI=1S/C17H20FN3O3S2/c1-19(26(23,24)17-3-2-12-25-17)13-16(22)21-10-8-20(9-11-21)15-6-4-14(18)5-7-15/h2-7,12H,8-11,13H2,1H3. The third-order valence-corrected chi connectivity index (χ3v) is 7.52. The normalized spacial score (nSPS) is 15.5. The van der Waals surface area contributed by atoms with E-state index in [1.54, 1.807) is 28.5 Å². The number of hydrogen-bond acceptors (Lipinski definition) is 5. The van der Waals surface area contributed by atoms with E-state index in [1.807, 2.05) is 0 Å². The second-order valence-electron chi connectivity index (χ2n) is 6.04. The van der Waals surface area contributed by atoms with E-state index in [-0.39, 0.29) is 22.5 Å². The van der Waals surface area contributed by atoms with E-state index in [1.165, 1.54) is 25.2 Å². The van der Waals surface area contributed by atoms with Crippen LogP contribution in [0.5, 0.6) is 0 Å². The molecule has 9 heteroatoms. The Morgan fingerprint density at radius 1 is 1.15 bits per heavy atom. The molecule has 0 aliphatic carbocycles. The highest BCUT2D eigenvalue weighted by atomic mass is 32.2. The number of amides is 1. The van der Waals surface area contributed by atoms with Gasteiger partial charge in [-0.1, -0.05) is 6.07 Å². The van der Waals surface area contributed by atoms with Crippen LogP contribution in [0.25, 0.3) is 0 Å². The molecular weight excluding hydrogens is 377 g/mol. The first-order valence-corrected chi connectivity index (χ1v) is 10.5. The number of thiophene rings is 1. The molecule has 0 unspecified atom stereocenters. The smallest absolute Gasteiger partial charge is 0.252 e. The van der Waals surface area contributed by atoms with Crippen LogP contribution in [0.3, 0.4) is 0 Å². The molecule has 1 amide bonds. The molecule has 3 rings (SSSR count). The zero-order valence-electron chi connectivity index (χ0n) is 14.3. The first-order chi connectivity index (χ1) is 12.4. The van der Waals surface area contributed by atoms with Gasteiger partial charge in [-0.2, -0.15) is 4.31 Å². The second kappa shape index (κ2) is 7.73. The minimum absolute atomic E-state index is 0.184. The quantitative estimate of drug-likeness (QED) is 0.773. The van der Waals surface area contributed by atoms with Gasteiger partial charge in [0, 0.05) is 38.9 Å². The number of likely N-dealkylation sites (N-methyl/N-ethyl adjacent to an activating group) is 1. The summed E-state index contributed by atoms with van der Waals surface area (Å²) in [5, 5.41) is 1.69.